The van der Waals surface area contributed by atoms with E-state index in [0.717, 1.165) is 5.52 Å². The van der Waals surface area contributed by atoms with Gasteiger partial charge >= 0.3 is 0 Å². The number of aromatic nitrogens is 1. The third-order valence-corrected chi connectivity index (χ3v) is 4.40. The van der Waals surface area contributed by atoms with E-state index in [1.54, 1.807) is 23.9 Å². The van der Waals surface area contributed by atoms with Crippen LogP contribution < -0.4 is 5.73 Å². The predicted molar refractivity (Wildman–Crippen MR) is 82.2 cm³/mol. The van der Waals surface area contributed by atoms with Gasteiger partial charge in [-0.1, -0.05) is 0 Å². The first kappa shape index (κ1) is 15.5. The standard InChI is InChI=1S/C16H18FN3O3/c1-19-8-12(11-7-10(17)3-4-13(11)19)14(21)20-6-2-5-16(23,9-20)15(18)22/h3-4,7-8,23H,2,5-6,9H2,1H3,(H2,18,22). The number of β-amino-alcohol motifs (C(OH)–C–C–N with tert-alkyl or cyclic N) is 1. The van der Waals surface area contributed by atoms with Crippen molar-refractivity contribution in [1.82, 2.24) is 9.47 Å². The molecule has 1 unspecified atom stereocenters. The average Bonchev–Trinajstić information content (AvgIpc) is 2.83. The fraction of sp³-hybridized carbons (Fsp3) is 0.375. The number of nitrogens with zero attached hydrogens (tertiary/aromatic N) is 2. The Bertz CT molecular complexity index is 801. The molecule has 0 bridgehead atoms. The lowest BCUT2D eigenvalue weighted by Crippen LogP contribution is -2.57. The molecule has 1 saturated heterocycles. The molecule has 1 aliphatic rings. The van der Waals surface area contributed by atoms with Crippen LogP contribution in [0, 0.1) is 5.82 Å². The molecule has 1 aromatic carbocycles. The molecule has 7 heteroatoms. The summed E-state index contributed by atoms with van der Waals surface area (Å²) in [4.78, 5) is 25.6. The summed E-state index contributed by atoms with van der Waals surface area (Å²) >= 11 is 0. The van der Waals surface area contributed by atoms with E-state index in [1.807, 2.05) is 0 Å². The maximum absolute atomic E-state index is 13.5. The van der Waals surface area contributed by atoms with Crippen LogP contribution in [0.25, 0.3) is 10.9 Å². The van der Waals surface area contributed by atoms with E-state index in [-0.39, 0.29) is 18.9 Å². The summed E-state index contributed by atoms with van der Waals surface area (Å²) in [5.74, 6) is -1.61. The molecular weight excluding hydrogens is 301 g/mol. The lowest BCUT2D eigenvalue weighted by molar-refractivity contribution is -0.140. The van der Waals surface area contributed by atoms with Gasteiger partial charge in [-0.3, -0.25) is 9.59 Å². The third-order valence-electron chi connectivity index (χ3n) is 4.40. The van der Waals surface area contributed by atoms with Crippen LogP contribution in [0.5, 0.6) is 0 Å². The highest BCUT2D eigenvalue weighted by molar-refractivity contribution is 6.07. The third kappa shape index (κ3) is 2.57. The molecule has 122 valence electrons. The first-order valence-electron chi connectivity index (χ1n) is 7.38. The van der Waals surface area contributed by atoms with Crippen LogP contribution in [0.1, 0.15) is 23.2 Å². The van der Waals surface area contributed by atoms with Crippen LogP contribution in [0.2, 0.25) is 0 Å². The maximum Gasteiger partial charge on any atom is 0.256 e. The molecule has 0 aliphatic carbocycles. The van der Waals surface area contributed by atoms with Gasteiger partial charge < -0.3 is 20.3 Å². The molecule has 1 aliphatic heterocycles. The Morgan fingerprint density at radius 1 is 1.39 bits per heavy atom. The zero-order chi connectivity index (χ0) is 16.8. The summed E-state index contributed by atoms with van der Waals surface area (Å²) in [5, 5.41) is 10.7. The van der Waals surface area contributed by atoms with E-state index >= 15 is 0 Å². The van der Waals surface area contributed by atoms with Gasteiger partial charge in [0.2, 0.25) is 0 Å². The van der Waals surface area contributed by atoms with E-state index in [2.05, 4.69) is 0 Å². The van der Waals surface area contributed by atoms with E-state index in [0.29, 0.717) is 23.9 Å². The number of fused-ring (bicyclic) bond motifs is 1. The van der Waals surface area contributed by atoms with Crippen LogP contribution in [0.4, 0.5) is 4.39 Å². The number of aliphatic hydroxyl groups is 1. The summed E-state index contributed by atoms with van der Waals surface area (Å²) in [5.41, 5.74) is 4.61. The number of aryl methyl sites for hydroxylation is 1. The van der Waals surface area contributed by atoms with Crippen molar-refractivity contribution in [3.63, 3.8) is 0 Å². The van der Waals surface area contributed by atoms with Gasteiger partial charge in [0.15, 0.2) is 5.60 Å². The minimum Gasteiger partial charge on any atom is -0.378 e. The molecule has 23 heavy (non-hydrogen) atoms. The molecule has 2 heterocycles. The molecule has 3 rings (SSSR count). The zero-order valence-corrected chi connectivity index (χ0v) is 12.8. The molecule has 2 aromatic rings. The second-order valence-electron chi connectivity index (χ2n) is 6.04. The highest BCUT2D eigenvalue weighted by Gasteiger charge is 2.40. The van der Waals surface area contributed by atoms with Crippen molar-refractivity contribution >= 4 is 22.7 Å². The summed E-state index contributed by atoms with van der Waals surface area (Å²) in [6, 6.07) is 4.26. The topological polar surface area (TPSA) is 88.6 Å². The number of piperidine rings is 1. The quantitative estimate of drug-likeness (QED) is 0.857. The normalized spacial score (nSPS) is 21.6. The minimum atomic E-state index is -1.70. The van der Waals surface area contributed by atoms with Crippen molar-refractivity contribution in [1.29, 1.82) is 0 Å². The molecule has 2 amide bonds. The lowest BCUT2D eigenvalue weighted by Gasteiger charge is -2.37. The Morgan fingerprint density at radius 2 is 2.13 bits per heavy atom. The Kier molecular flexibility index (Phi) is 3.60. The van der Waals surface area contributed by atoms with Crippen LogP contribution in [-0.2, 0) is 11.8 Å². The van der Waals surface area contributed by atoms with Crippen LogP contribution in [0.15, 0.2) is 24.4 Å². The molecule has 1 atom stereocenters. The fourth-order valence-electron chi connectivity index (χ4n) is 3.12. The van der Waals surface area contributed by atoms with Crippen LogP contribution in [0.3, 0.4) is 0 Å². The van der Waals surface area contributed by atoms with Gasteiger partial charge in [0.25, 0.3) is 11.8 Å². The second kappa shape index (κ2) is 5.34. The summed E-state index contributed by atoms with van der Waals surface area (Å²) in [6.45, 7) is 0.271. The first-order valence-corrected chi connectivity index (χ1v) is 7.38. The first-order chi connectivity index (χ1) is 10.8. The number of hydrogen-bond acceptors (Lipinski definition) is 3. The van der Waals surface area contributed by atoms with Crippen molar-refractivity contribution in [2.24, 2.45) is 12.8 Å². The monoisotopic (exact) mass is 319 g/mol. The number of primary amides is 1. The van der Waals surface area contributed by atoms with Gasteiger partial charge in [0.05, 0.1) is 12.1 Å². The van der Waals surface area contributed by atoms with E-state index in [1.165, 1.54) is 17.0 Å². The zero-order valence-electron chi connectivity index (χ0n) is 12.8. The molecule has 0 spiro atoms. The van der Waals surface area contributed by atoms with E-state index in [9.17, 15) is 19.1 Å². The molecule has 0 radical (unpaired) electrons. The fourth-order valence-corrected chi connectivity index (χ4v) is 3.12. The minimum absolute atomic E-state index is 0.146. The Morgan fingerprint density at radius 3 is 2.83 bits per heavy atom. The summed E-state index contributed by atoms with van der Waals surface area (Å²) in [6.07, 6.45) is 2.34. The number of benzene rings is 1. The van der Waals surface area contributed by atoms with E-state index in [4.69, 9.17) is 5.73 Å². The second-order valence-corrected chi connectivity index (χ2v) is 6.04. The molecule has 3 N–H and O–H groups in total. The molecule has 0 saturated carbocycles. The van der Waals surface area contributed by atoms with Crippen molar-refractivity contribution in [2.75, 3.05) is 13.1 Å². The number of carbonyl (C=O) groups is 2. The van der Waals surface area contributed by atoms with Crippen molar-refractivity contribution in [2.45, 2.75) is 18.4 Å². The van der Waals surface area contributed by atoms with Gasteiger partial charge in [-0.15, -0.1) is 0 Å². The Labute approximate surface area is 132 Å². The highest BCUT2D eigenvalue weighted by atomic mass is 19.1. The Hall–Kier alpha value is -2.41. The highest BCUT2D eigenvalue weighted by Crippen LogP contribution is 2.26. The molecule has 1 fully saturated rings. The van der Waals surface area contributed by atoms with E-state index < -0.39 is 17.3 Å². The molecule has 6 nitrogen and oxygen atoms in total. The van der Waals surface area contributed by atoms with Gasteiger partial charge in [0, 0.05) is 30.7 Å². The van der Waals surface area contributed by atoms with Crippen LogP contribution in [-0.4, -0.2) is 45.1 Å². The number of amides is 2. The summed E-state index contributed by atoms with van der Waals surface area (Å²) in [7, 11) is 1.77. The van der Waals surface area contributed by atoms with Crippen LogP contribution >= 0.6 is 0 Å². The molecule has 1 aromatic heterocycles. The van der Waals surface area contributed by atoms with Crippen molar-refractivity contribution in [3.8, 4) is 0 Å². The van der Waals surface area contributed by atoms with Crippen molar-refractivity contribution in [3.05, 3.63) is 35.8 Å². The number of hydrogen-bond donors (Lipinski definition) is 2. The van der Waals surface area contributed by atoms with Gasteiger partial charge in [-0.05, 0) is 31.0 Å². The lowest BCUT2D eigenvalue weighted by atomic mass is 9.92. The SMILES string of the molecule is Cn1cc(C(=O)N2CCCC(O)(C(N)=O)C2)c2cc(F)ccc21. The number of nitrogens with two attached hydrogens (primary N) is 1. The number of carbonyl (C=O) groups excluding carboxylic acids is 2. The number of halogens is 1. The predicted octanol–water partition coefficient (Wildman–Crippen LogP) is 0.770. The van der Waals surface area contributed by atoms with Gasteiger partial charge in [0.1, 0.15) is 5.82 Å². The van der Waals surface area contributed by atoms with Gasteiger partial charge in [-0.25, -0.2) is 4.39 Å². The maximum atomic E-state index is 13.5. The Balaban J connectivity index is 1.97. The number of rotatable bonds is 2. The largest absolute Gasteiger partial charge is 0.378 e. The van der Waals surface area contributed by atoms with Crippen molar-refractivity contribution < 1.29 is 19.1 Å². The average molecular weight is 319 g/mol. The molecular formula is C16H18FN3O3. The summed E-state index contributed by atoms with van der Waals surface area (Å²) < 4.78 is 15.3. The number of likely N-dealkylation sites (tertiary alicyclic amines) is 1. The van der Waals surface area contributed by atoms with Gasteiger partial charge in [-0.2, -0.15) is 0 Å². The smallest absolute Gasteiger partial charge is 0.256 e.